The predicted molar refractivity (Wildman–Crippen MR) is 59.4 cm³/mol. The lowest BCUT2D eigenvalue weighted by Crippen LogP contribution is -2.39. The summed E-state index contributed by atoms with van der Waals surface area (Å²) in [7, 11) is 1.66. The van der Waals surface area contributed by atoms with E-state index in [2.05, 4.69) is 19.2 Å². The molecule has 1 aliphatic rings. The number of carbonyl (C=O) groups is 1. The predicted octanol–water partition coefficient (Wildman–Crippen LogP) is 0.825. The molecule has 15 heavy (non-hydrogen) atoms. The van der Waals surface area contributed by atoms with E-state index in [1.807, 2.05) is 11.8 Å². The number of nitrogens with one attached hydrogen (secondary N) is 1. The zero-order chi connectivity index (χ0) is 11.4. The van der Waals surface area contributed by atoms with Gasteiger partial charge in [-0.25, -0.2) is 0 Å². The Morgan fingerprint density at radius 2 is 2.20 bits per heavy atom. The number of hydrogen-bond acceptors (Lipinski definition) is 3. The standard InChI is InChI=1S/C11H22N2O2/c1-8(2)5-10-11(14)13(7-12-10)9(3)6-15-4/h8-10,12H,5-7H2,1-4H3. The van der Waals surface area contributed by atoms with Crippen LogP contribution in [0.5, 0.6) is 0 Å². The fourth-order valence-corrected chi connectivity index (χ4v) is 1.93. The second-order valence-electron chi connectivity index (χ2n) is 4.66. The average molecular weight is 214 g/mol. The van der Waals surface area contributed by atoms with Gasteiger partial charge in [-0.05, 0) is 19.3 Å². The van der Waals surface area contributed by atoms with Gasteiger partial charge in [-0.1, -0.05) is 13.8 Å². The molecule has 0 saturated carbocycles. The van der Waals surface area contributed by atoms with E-state index in [-0.39, 0.29) is 18.0 Å². The van der Waals surface area contributed by atoms with Gasteiger partial charge in [-0.2, -0.15) is 0 Å². The van der Waals surface area contributed by atoms with Gasteiger partial charge in [0, 0.05) is 7.11 Å². The summed E-state index contributed by atoms with van der Waals surface area (Å²) in [5, 5.41) is 3.25. The van der Waals surface area contributed by atoms with Crippen molar-refractivity contribution in [1.29, 1.82) is 0 Å². The van der Waals surface area contributed by atoms with E-state index in [9.17, 15) is 4.79 Å². The van der Waals surface area contributed by atoms with Gasteiger partial charge in [-0.3, -0.25) is 10.1 Å². The van der Waals surface area contributed by atoms with Gasteiger partial charge in [0.05, 0.1) is 25.4 Å². The van der Waals surface area contributed by atoms with Crippen LogP contribution in [0.3, 0.4) is 0 Å². The largest absolute Gasteiger partial charge is 0.383 e. The summed E-state index contributed by atoms with van der Waals surface area (Å²) in [5.74, 6) is 0.761. The van der Waals surface area contributed by atoms with Crippen LogP contribution in [-0.4, -0.2) is 43.3 Å². The summed E-state index contributed by atoms with van der Waals surface area (Å²) in [6.45, 7) is 7.54. The van der Waals surface area contributed by atoms with Crippen LogP contribution in [0.15, 0.2) is 0 Å². The van der Waals surface area contributed by atoms with Crippen molar-refractivity contribution in [2.75, 3.05) is 20.4 Å². The molecule has 1 heterocycles. The fourth-order valence-electron chi connectivity index (χ4n) is 1.93. The van der Waals surface area contributed by atoms with Gasteiger partial charge >= 0.3 is 0 Å². The van der Waals surface area contributed by atoms with Crippen LogP contribution in [0, 0.1) is 5.92 Å². The molecule has 0 aromatic rings. The van der Waals surface area contributed by atoms with Crippen LogP contribution in [0.25, 0.3) is 0 Å². The molecule has 0 aromatic carbocycles. The van der Waals surface area contributed by atoms with Crippen molar-refractivity contribution in [1.82, 2.24) is 10.2 Å². The minimum atomic E-state index is 0.00399. The maximum Gasteiger partial charge on any atom is 0.241 e. The van der Waals surface area contributed by atoms with Crippen LogP contribution in [-0.2, 0) is 9.53 Å². The van der Waals surface area contributed by atoms with Crippen molar-refractivity contribution >= 4 is 5.91 Å². The highest BCUT2D eigenvalue weighted by Gasteiger charge is 2.33. The number of amides is 1. The third kappa shape index (κ3) is 3.18. The van der Waals surface area contributed by atoms with Gasteiger partial charge < -0.3 is 9.64 Å². The number of methoxy groups -OCH3 is 1. The first-order valence-electron chi connectivity index (χ1n) is 5.59. The summed E-state index contributed by atoms with van der Waals surface area (Å²) < 4.78 is 5.06. The Kier molecular flexibility index (Phi) is 4.54. The second-order valence-corrected chi connectivity index (χ2v) is 4.66. The molecule has 4 heteroatoms. The smallest absolute Gasteiger partial charge is 0.241 e. The highest BCUT2D eigenvalue weighted by atomic mass is 16.5. The van der Waals surface area contributed by atoms with E-state index in [1.165, 1.54) is 0 Å². The Hall–Kier alpha value is -0.610. The van der Waals surface area contributed by atoms with Gasteiger partial charge in [-0.15, -0.1) is 0 Å². The van der Waals surface area contributed by atoms with Crippen molar-refractivity contribution in [3.05, 3.63) is 0 Å². The molecule has 2 unspecified atom stereocenters. The Morgan fingerprint density at radius 3 is 2.73 bits per heavy atom. The molecule has 0 spiro atoms. The molecule has 0 aromatic heterocycles. The number of hydrogen-bond donors (Lipinski definition) is 1. The minimum absolute atomic E-state index is 0.00399. The molecule has 1 amide bonds. The van der Waals surface area contributed by atoms with E-state index in [0.29, 0.717) is 19.2 Å². The molecule has 1 N–H and O–H groups in total. The zero-order valence-corrected chi connectivity index (χ0v) is 10.1. The highest BCUT2D eigenvalue weighted by Crippen LogP contribution is 2.14. The maximum absolute atomic E-state index is 12.0. The lowest BCUT2D eigenvalue weighted by Gasteiger charge is -2.23. The SMILES string of the molecule is COCC(C)N1CNC(CC(C)C)C1=O. The van der Waals surface area contributed by atoms with Crippen molar-refractivity contribution < 1.29 is 9.53 Å². The lowest BCUT2D eigenvalue weighted by molar-refractivity contribution is -0.131. The zero-order valence-electron chi connectivity index (χ0n) is 10.1. The Balaban J connectivity index is 2.48. The van der Waals surface area contributed by atoms with Crippen molar-refractivity contribution in [3.63, 3.8) is 0 Å². The lowest BCUT2D eigenvalue weighted by atomic mass is 10.0. The number of ether oxygens (including phenoxy) is 1. The number of nitrogens with zero attached hydrogens (tertiary/aromatic N) is 1. The van der Waals surface area contributed by atoms with Crippen LogP contribution >= 0.6 is 0 Å². The number of rotatable bonds is 5. The summed E-state index contributed by atoms with van der Waals surface area (Å²) in [5.41, 5.74) is 0. The number of carbonyl (C=O) groups excluding carboxylic acids is 1. The third-order valence-electron chi connectivity index (χ3n) is 2.74. The van der Waals surface area contributed by atoms with E-state index in [0.717, 1.165) is 6.42 Å². The Morgan fingerprint density at radius 1 is 1.53 bits per heavy atom. The average Bonchev–Trinajstić information content (AvgIpc) is 2.48. The Labute approximate surface area is 92.0 Å². The molecule has 0 bridgehead atoms. The molecule has 2 atom stereocenters. The van der Waals surface area contributed by atoms with Crippen LogP contribution < -0.4 is 5.32 Å². The van der Waals surface area contributed by atoms with Crippen LogP contribution in [0.2, 0.25) is 0 Å². The van der Waals surface area contributed by atoms with E-state index >= 15 is 0 Å². The Bertz CT molecular complexity index is 219. The summed E-state index contributed by atoms with van der Waals surface area (Å²) in [6, 6.07) is 0.163. The quantitative estimate of drug-likeness (QED) is 0.737. The van der Waals surface area contributed by atoms with Gasteiger partial charge in [0.25, 0.3) is 0 Å². The normalized spacial score (nSPS) is 23.9. The van der Waals surface area contributed by atoms with Crippen LogP contribution in [0.4, 0.5) is 0 Å². The first-order chi connectivity index (χ1) is 7.06. The van der Waals surface area contributed by atoms with Crippen molar-refractivity contribution in [2.24, 2.45) is 5.92 Å². The molecule has 1 saturated heterocycles. The monoisotopic (exact) mass is 214 g/mol. The summed E-state index contributed by atoms with van der Waals surface area (Å²) in [4.78, 5) is 13.8. The second kappa shape index (κ2) is 5.47. The van der Waals surface area contributed by atoms with Gasteiger partial charge in [0.2, 0.25) is 5.91 Å². The molecule has 0 radical (unpaired) electrons. The van der Waals surface area contributed by atoms with Gasteiger partial charge in [0.15, 0.2) is 0 Å². The fraction of sp³-hybridized carbons (Fsp3) is 0.909. The maximum atomic E-state index is 12.0. The molecule has 0 aliphatic carbocycles. The van der Waals surface area contributed by atoms with E-state index in [4.69, 9.17) is 4.74 Å². The molecule has 1 fully saturated rings. The molecular formula is C11H22N2O2. The van der Waals surface area contributed by atoms with E-state index in [1.54, 1.807) is 7.11 Å². The molecule has 1 rings (SSSR count). The topological polar surface area (TPSA) is 41.6 Å². The molecule has 88 valence electrons. The van der Waals surface area contributed by atoms with Crippen molar-refractivity contribution in [2.45, 2.75) is 39.3 Å². The minimum Gasteiger partial charge on any atom is -0.383 e. The third-order valence-corrected chi connectivity index (χ3v) is 2.74. The van der Waals surface area contributed by atoms with Crippen LogP contribution in [0.1, 0.15) is 27.2 Å². The van der Waals surface area contributed by atoms with Crippen molar-refractivity contribution in [3.8, 4) is 0 Å². The van der Waals surface area contributed by atoms with E-state index < -0.39 is 0 Å². The summed E-state index contributed by atoms with van der Waals surface area (Å²) in [6.07, 6.45) is 0.912. The summed E-state index contributed by atoms with van der Waals surface area (Å²) >= 11 is 0. The first kappa shape index (κ1) is 12.5. The first-order valence-corrected chi connectivity index (χ1v) is 5.59. The molecule has 1 aliphatic heterocycles. The molecular weight excluding hydrogens is 192 g/mol. The highest BCUT2D eigenvalue weighted by molar-refractivity contribution is 5.84. The van der Waals surface area contributed by atoms with Gasteiger partial charge in [0.1, 0.15) is 0 Å². The molecule has 4 nitrogen and oxygen atoms in total.